The Morgan fingerprint density at radius 2 is 2.26 bits per heavy atom. The lowest BCUT2D eigenvalue weighted by Gasteiger charge is -2.09. The predicted octanol–water partition coefficient (Wildman–Crippen LogP) is 2.02. The van der Waals surface area contributed by atoms with Gasteiger partial charge in [0.05, 0.1) is 31.0 Å². The summed E-state index contributed by atoms with van der Waals surface area (Å²) in [4.78, 5) is 21.1. The molecule has 0 radical (unpaired) electrons. The summed E-state index contributed by atoms with van der Waals surface area (Å²) in [5, 5.41) is 12.0. The number of fused-ring (bicyclic) bond motifs is 1. The van der Waals surface area contributed by atoms with Crippen LogP contribution in [0.2, 0.25) is 0 Å². The van der Waals surface area contributed by atoms with Gasteiger partial charge in [-0.2, -0.15) is 5.10 Å². The van der Waals surface area contributed by atoms with E-state index in [1.807, 2.05) is 0 Å². The van der Waals surface area contributed by atoms with Gasteiger partial charge in [0.1, 0.15) is 5.82 Å². The second kappa shape index (κ2) is 9.38. The standard InChI is InChI=1S/C17H22N6O3S/c1-3-27-17-21-14(18-7-10-25-2)12-11-20-23(15(12)22-17)8-6-19-16(24)13-5-4-9-26-13/h4-5,9,11H,3,6-8,10H2,1-2H3,(H,19,24)(H,18,21,22). The van der Waals surface area contributed by atoms with Crippen molar-refractivity contribution in [1.29, 1.82) is 0 Å². The lowest BCUT2D eigenvalue weighted by molar-refractivity contribution is 0.0924. The van der Waals surface area contributed by atoms with Gasteiger partial charge in [-0.25, -0.2) is 14.6 Å². The molecule has 9 nitrogen and oxygen atoms in total. The van der Waals surface area contributed by atoms with Crippen LogP contribution in [-0.4, -0.2) is 58.2 Å². The fourth-order valence-corrected chi connectivity index (χ4v) is 3.03. The van der Waals surface area contributed by atoms with E-state index in [9.17, 15) is 4.79 Å². The van der Waals surface area contributed by atoms with Gasteiger partial charge in [-0.1, -0.05) is 18.7 Å². The van der Waals surface area contributed by atoms with E-state index in [0.717, 1.165) is 22.6 Å². The number of nitrogens with zero attached hydrogens (tertiary/aromatic N) is 4. The number of hydrogen-bond donors (Lipinski definition) is 2. The Bertz CT molecular complexity index is 880. The van der Waals surface area contributed by atoms with E-state index in [-0.39, 0.29) is 11.7 Å². The van der Waals surface area contributed by atoms with Crippen LogP contribution in [-0.2, 0) is 11.3 Å². The first kappa shape index (κ1) is 19.2. The molecule has 0 aliphatic rings. The van der Waals surface area contributed by atoms with E-state index in [1.54, 1.807) is 41.9 Å². The van der Waals surface area contributed by atoms with Gasteiger partial charge in [-0.05, 0) is 17.9 Å². The first-order chi connectivity index (χ1) is 13.2. The molecule has 0 unspecified atom stereocenters. The summed E-state index contributed by atoms with van der Waals surface area (Å²) >= 11 is 1.57. The third-order valence-corrected chi connectivity index (χ3v) is 4.43. The molecule has 1 amide bonds. The van der Waals surface area contributed by atoms with Crippen LogP contribution in [0, 0.1) is 0 Å². The maximum atomic E-state index is 12.0. The zero-order valence-corrected chi connectivity index (χ0v) is 16.1. The number of rotatable bonds is 10. The summed E-state index contributed by atoms with van der Waals surface area (Å²) in [6, 6.07) is 3.30. The van der Waals surface area contributed by atoms with E-state index >= 15 is 0 Å². The quantitative estimate of drug-likeness (QED) is 0.308. The Morgan fingerprint density at radius 1 is 1.37 bits per heavy atom. The number of anilines is 1. The number of carbonyl (C=O) groups is 1. The van der Waals surface area contributed by atoms with Gasteiger partial charge in [-0.3, -0.25) is 4.79 Å². The molecule has 0 fully saturated rings. The summed E-state index contributed by atoms with van der Waals surface area (Å²) in [7, 11) is 1.66. The maximum absolute atomic E-state index is 12.0. The monoisotopic (exact) mass is 390 g/mol. The zero-order chi connectivity index (χ0) is 19.1. The fraction of sp³-hybridized carbons (Fsp3) is 0.412. The molecule has 27 heavy (non-hydrogen) atoms. The van der Waals surface area contributed by atoms with Crippen molar-refractivity contribution in [2.75, 3.05) is 37.9 Å². The third-order valence-electron chi connectivity index (χ3n) is 3.70. The Labute approximate surface area is 160 Å². The van der Waals surface area contributed by atoms with Crippen LogP contribution in [0.4, 0.5) is 5.82 Å². The van der Waals surface area contributed by atoms with Gasteiger partial charge >= 0.3 is 0 Å². The molecule has 3 aromatic heterocycles. The number of nitrogens with one attached hydrogen (secondary N) is 2. The van der Waals surface area contributed by atoms with Crippen LogP contribution in [0.25, 0.3) is 11.0 Å². The molecule has 0 spiro atoms. The van der Waals surface area contributed by atoms with Gasteiger partial charge in [0.15, 0.2) is 16.6 Å². The summed E-state index contributed by atoms with van der Waals surface area (Å²) in [6.45, 7) is 4.17. The van der Waals surface area contributed by atoms with Crippen molar-refractivity contribution in [3.8, 4) is 0 Å². The highest BCUT2D eigenvalue weighted by molar-refractivity contribution is 7.99. The molecule has 0 aliphatic heterocycles. The van der Waals surface area contributed by atoms with Crippen LogP contribution in [0.3, 0.4) is 0 Å². The van der Waals surface area contributed by atoms with Crippen molar-refractivity contribution in [2.24, 2.45) is 0 Å². The number of furan rings is 1. The first-order valence-corrected chi connectivity index (χ1v) is 9.62. The minimum Gasteiger partial charge on any atom is -0.459 e. The lowest BCUT2D eigenvalue weighted by atomic mass is 10.4. The number of methoxy groups -OCH3 is 1. The molecule has 0 aliphatic carbocycles. The highest BCUT2D eigenvalue weighted by Crippen LogP contribution is 2.24. The molecule has 0 atom stereocenters. The summed E-state index contributed by atoms with van der Waals surface area (Å²) in [5.74, 6) is 1.64. The number of hydrogen-bond acceptors (Lipinski definition) is 8. The number of thioether (sulfide) groups is 1. The molecule has 0 bridgehead atoms. The van der Waals surface area contributed by atoms with Crippen molar-refractivity contribution in [3.63, 3.8) is 0 Å². The topological polar surface area (TPSA) is 107 Å². The largest absolute Gasteiger partial charge is 0.459 e. The van der Waals surface area contributed by atoms with Gasteiger partial charge in [-0.15, -0.1) is 0 Å². The molecule has 3 rings (SSSR count). The van der Waals surface area contributed by atoms with Crippen molar-refractivity contribution >= 4 is 34.5 Å². The average molecular weight is 390 g/mol. The normalized spacial score (nSPS) is 11.0. The number of amides is 1. The van der Waals surface area contributed by atoms with E-state index in [1.165, 1.54) is 6.26 Å². The van der Waals surface area contributed by atoms with Crippen LogP contribution in [0.15, 0.2) is 34.2 Å². The number of carbonyl (C=O) groups excluding carboxylic acids is 1. The second-order valence-electron chi connectivity index (χ2n) is 5.55. The minimum atomic E-state index is -0.254. The number of ether oxygens (including phenoxy) is 1. The zero-order valence-electron chi connectivity index (χ0n) is 15.3. The molecule has 0 saturated heterocycles. The van der Waals surface area contributed by atoms with Crippen molar-refractivity contribution in [3.05, 3.63) is 30.4 Å². The summed E-state index contributed by atoms with van der Waals surface area (Å²) in [5.41, 5.74) is 0.730. The summed E-state index contributed by atoms with van der Waals surface area (Å²) < 4.78 is 11.9. The molecule has 144 valence electrons. The van der Waals surface area contributed by atoms with Crippen LogP contribution >= 0.6 is 11.8 Å². The molecule has 0 saturated carbocycles. The Balaban J connectivity index is 1.73. The van der Waals surface area contributed by atoms with E-state index in [2.05, 4.69) is 32.6 Å². The number of aromatic nitrogens is 4. The van der Waals surface area contributed by atoms with Crippen molar-refractivity contribution in [1.82, 2.24) is 25.1 Å². The van der Waals surface area contributed by atoms with Crippen LogP contribution in [0.5, 0.6) is 0 Å². The molecule has 10 heteroatoms. The van der Waals surface area contributed by atoms with Crippen LogP contribution in [0.1, 0.15) is 17.5 Å². The molecular weight excluding hydrogens is 368 g/mol. The highest BCUT2D eigenvalue weighted by atomic mass is 32.2. The van der Waals surface area contributed by atoms with Crippen molar-refractivity contribution < 1.29 is 13.9 Å². The average Bonchev–Trinajstić information content (AvgIpc) is 3.33. The lowest BCUT2D eigenvalue weighted by Crippen LogP contribution is -2.27. The Morgan fingerprint density at radius 3 is 3.00 bits per heavy atom. The van der Waals surface area contributed by atoms with Gasteiger partial charge in [0, 0.05) is 20.2 Å². The predicted molar refractivity (Wildman–Crippen MR) is 103 cm³/mol. The fourth-order valence-electron chi connectivity index (χ4n) is 2.47. The van der Waals surface area contributed by atoms with E-state index in [4.69, 9.17) is 9.15 Å². The van der Waals surface area contributed by atoms with Crippen LogP contribution < -0.4 is 10.6 Å². The smallest absolute Gasteiger partial charge is 0.287 e. The van der Waals surface area contributed by atoms with Gasteiger partial charge < -0.3 is 19.8 Å². The molecule has 0 aromatic carbocycles. The van der Waals surface area contributed by atoms with E-state index in [0.29, 0.717) is 31.4 Å². The Kier molecular flexibility index (Phi) is 6.66. The summed E-state index contributed by atoms with van der Waals surface area (Å²) in [6.07, 6.45) is 3.21. The second-order valence-corrected chi connectivity index (χ2v) is 6.78. The van der Waals surface area contributed by atoms with Gasteiger partial charge in [0.2, 0.25) is 0 Å². The minimum absolute atomic E-state index is 0.254. The third kappa shape index (κ3) is 4.77. The first-order valence-electron chi connectivity index (χ1n) is 8.63. The van der Waals surface area contributed by atoms with Crippen molar-refractivity contribution in [2.45, 2.75) is 18.6 Å². The molecular formula is C17H22N6O3S. The highest BCUT2D eigenvalue weighted by Gasteiger charge is 2.14. The SMILES string of the molecule is CCSc1nc(NCCOC)c2cnn(CCNC(=O)c3ccco3)c2n1. The molecule has 3 heterocycles. The van der Waals surface area contributed by atoms with Gasteiger partial charge in [0.25, 0.3) is 5.91 Å². The molecule has 3 aromatic rings. The van der Waals surface area contributed by atoms with E-state index < -0.39 is 0 Å². The molecule has 2 N–H and O–H groups in total. The Hall–Kier alpha value is -2.59. The maximum Gasteiger partial charge on any atom is 0.287 e.